The molecule has 1 fully saturated rings. The van der Waals surface area contributed by atoms with E-state index in [4.69, 9.17) is 14.5 Å². The van der Waals surface area contributed by atoms with Gasteiger partial charge in [0.15, 0.2) is 5.82 Å². The van der Waals surface area contributed by atoms with Crippen LogP contribution in [0.3, 0.4) is 0 Å². The van der Waals surface area contributed by atoms with Gasteiger partial charge < -0.3 is 14.5 Å². The number of halogens is 1. The molecule has 1 saturated heterocycles. The molecule has 3 aromatic carbocycles. The number of hydrogen-bond donors (Lipinski definition) is 2. The normalized spacial score (nSPS) is 13.5. The monoisotopic (exact) mass is 625 g/mol. The molecule has 0 amide bonds. The summed E-state index contributed by atoms with van der Waals surface area (Å²) in [5, 5.41) is 8.52. The third-order valence-corrected chi connectivity index (χ3v) is 8.50. The molecule has 1 aliphatic heterocycles. The van der Waals surface area contributed by atoms with Crippen LogP contribution in [0.25, 0.3) is 55.8 Å². The lowest BCUT2D eigenvalue weighted by Gasteiger charge is -2.15. The maximum Gasteiger partial charge on any atom is 0.159 e. The quantitative estimate of drug-likeness (QED) is 0.163. The van der Waals surface area contributed by atoms with E-state index in [0.717, 1.165) is 58.4 Å². The number of fused-ring (bicyclic) bond motifs is 2. The van der Waals surface area contributed by atoms with Crippen LogP contribution in [0, 0.1) is 5.82 Å². The van der Waals surface area contributed by atoms with E-state index < -0.39 is 0 Å². The predicted molar refractivity (Wildman–Crippen MR) is 180 cm³/mol. The second-order valence-electron chi connectivity index (χ2n) is 11.7. The van der Waals surface area contributed by atoms with Crippen molar-refractivity contribution in [2.75, 3.05) is 26.2 Å². The molecule has 0 aliphatic carbocycles. The van der Waals surface area contributed by atoms with E-state index in [2.05, 4.69) is 30.0 Å². The van der Waals surface area contributed by atoms with Gasteiger partial charge in [0.25, 0.3) is 0 Å². The average molecular weight is 626 g/mol. The molecule has 10 heteroatoms. The molecule has 0 atom stereocenters. The standard InChI is InChI=1S/C37H32FN7O2/c38-27-15-25(16-28(18-27)46-14-13-45-11-4-5-12-45)30-9-6-10-32-35(30)42-37(41-32)36-31-19-33(40-22-34(31)43-44-36)26-17-29(21-39-20-26)47-23-24-7-2-1-3-8-24/h1-3,6-10,15-22H,4-5,11-14,23H2,(H,41,42)(H,43,44). The lowest BCUT2D eigenvalue weighted by Crippen LogP contribution is -2.25. The Labute approximate surface area is 270 Å². The minimum Gasteiger partial charge on any atom is -0.492 e. The number of benzene rings is 3. The smallest absolute Gasteiger partial charge is 0.159 e. The van der Waals surface area contributed by atoms with Crippen molar-refractivity contribution in [1.82, 2.24) is 35.0 Å². The Morgan fingerprint density at radius 2 is 1.68 bits per heavy atom. The number of aromatic nitrogens is 6. The van der Waals surface area contributed by atoms with Gasteiger partial charge in [0, 0.05) is 35.3 Å². The summed E-state index contributed by atoms with van der Waals surface area (Å²) in [4.78, 5) is 19.8. The lowest BCUT2D eigenvalue weighted by atomic mass is 10.0. The van der Waals surface area contributed by atoms with Gasteiger partial charge in [-0.05, 0) is 67.4 Å². The van der Waals surface area contributed by atoms with Crippen LogP contribution in [0.5, 0.6) is 11.5 Å². The van der Waals surface area contributed by atoms with Gasteiger partial charge in [-0.2, -0.15) is 5.10 Å². The van der Waals surface area contributed by atoms with Crippen LogP contribution in [0.2, 0.25) is 0 Å². The maximum atomic E-state index is 14.8. The molecule has 0 unspecified atom stereocenters. The predicted octanol–water partition coefficient (Wildman–Crippen LogP) is 7.42. The molecule has 2 N–H and O–H groups in total. The van der Waals surface area contributed by atoms with Crippen molar-refractivity contribution in [3.63, 3.8) is 0 Å². The first-order valence-electron chi connectivity index (χ1n) is 15.8. The summed E-state index contributed by atoms with van der Waals surface area (Å²) >= 11 is 0. The van der Waals surface area contributed by atoms with E-state index in [9.17, 15) is 4.39 Å². The number of likely N-dealkylation sites (tertiary alicyclic amines) is 1. The van der Waals surface area contributed by atoms with Crippen molar-refractivity contribution in [3.8, 4) is 45.4 Å². The van der Waals surface area contributed by atoms with Crippen LogP contribution in [-0.2, 0) is 6.61 Å². The molecule has 0 radical (unpaired) electrons. The van der Waals surface area contributed by atoms with Crippen LogP contribution in [0.15, 0.2) is 97.5 Å². The summed E-state index contributed by atoms with van der Waals surface area (Å²) in [6, 6.07) is 24.6. The topological polar surface area (TPSA) is 105 Å². The maximum absolute atomic E-state index is 14.8. The Bertz CT molecular complexity index is 2170. The van der Waals surface area contributed by atoms with E-state index >= 15 is 0 Å². The Balaban J connectivity index is 1.08. The van der Waals surface area contributed by atoms with Crippen molar-refractivity contribution in [2.45, 2.75) is 19.4 Å². The zero-order valence-corrected chi connectivity index (χ0v) is 25.6. The fraction of sp³-hybridized carbons (Fsp3) is 0.189. The van der Waals surface area contributed by atoms with Crippen molar-refractivity contribution in [1.29, 1.82) is 0 Å². The highest BCUT2D eigenvalue weighted by Gasteiger charge is 2.18. The van der Waals surface area contributed by atoms with E-state index in [1.54, 1.807) is 18.6 Å². The first-order valence-corrected chi connectivity index (χ1v) is 15.8. The summed E-state index contributed by atoms with van der Waals surface area (Å²) in [6.07, 6.45) is 7.66. The molecular weight excluding hydrogens is 593 g/mol. The number of aromatic amines is 2. The molecule has 47 heavy (non-hydrogen) atoms. The van der Waals surface area contributed by atoms with E-state index in [1.165, 1.54) is 25.0 Å². The van der Waals surface area contributed by atoms with Gasteiger partial charge in [0.05, 0.1) is 34.6 Å². The van der Waals surface area contributed by atoms with Crippen LogP contribution in [0.4, 0.5) is 4.39 Å². The number of rotatable bonds is 10. The number of ether oxygens (including phenoxy) is 2. The minimum absolute atomic E-state index is 0.353. The van der Waals surface area contributed by atoms with Gasteiger partial charge in [-0.15, -0.1) is 0 Å². The molecule has 9 nitrogen and oxygen atoms in total. The van der Waals surface area contributed by atoms with E-state index in [0.29, 0.717) is 47.3 Å². The minimum atomic E-state index is -0.353. The average Bonchev–Trinajstić information content (AvgIpc) is 3.87. The third-order valence-electron chi connectivity index (χ3n) is 8.50. The molecular formula is C37H32FN7O2. The van der Waals surface area contributed by atoms with Crippen molar-refractivity contribution in [3.05, 3.63) is 109 Å². The second kappa shape index (κ2) is 12.6. The molecule has 5 heterocycles. The molecule has 234 valence electrons. The van der Waals surface area contributed by atoms with Crippen LogP contribution in [0.1, 0.15) is 18.4 Å². The van der Waals surface area contributed by atoms with Crippen molar-refractivity contribution in [2.24, 2.45) is 0 Å². The summed E-state index contributed by atoms with van der Waals surface area (Å²) in [5.41, 5.74) is 7.08. The van der Waals surface area contributed by atoms with Crippen LogP contribution < -0.4 is 9.47 Å². The Morgan fingerprint density at radius 3 is 2.57 bits per heavy atom. The zero-order chi connectivity index (χ0) is 31.6. The summed E-state index contributed by atoms with van der Waals surface area (Å²) in [6.45, 7) is 3.99. The lowest BCUT2D eigenvalue weighted by molar-refractivity contribution is 0.237. The van der Waals surface area contributed by atoms with Crippen LogP contribution >= 0.6 is 0 Å². The number of nitrogens with one attached hydrogen (secondary N) is 2. The summed E-state index contributed by atoms with van der Waals surface area (Å²) in [7, 11) is 0. The van der Waals surface area contributed by atoms with Gasteiger partial charge in [-0.1, -0.05) is 42.5 Å². The van der Waals surface area contributed by atoms with Crippen molar-refractivity contribution < 1.29 is 13.9 Å². The SMILES string of the molecule is Fc1cc(OCCN2CCCC2)cc(-c2cccc3[nH]c(-c4n[nH]c5cnc(-c6cncc(OCc7ccccc7)c6)cc45)nc23)c1. The molecule has 7 aromatic rings. The Morgan fingerprint density at radius 1 is 0.809 bits per heavy atom. The van der Waals surface area contributed by atoms with Gasteiger partial charge in [0.1, 0.15) is 36.2 Å². The number of para-hydroxylation sites is 1. The van der Waals surface area contributed by atoms with Gasteiger partial charge >= 0.3 is 0 Å². The molecule has 1 aliphatic rings. The number of pyridine rings is 2. The fourth-order valence-electron chi connectivity index (χ4n) is 6.11. The Kier molecular flexibility index (Phi) is 7.76. The highest BCUT2D eigenvalue weighted by Crippen LogP contribution is 2.34. The third kappa shape index (κ3) is 6.15. The van der Waals surface area contributed by atoms with Crippen LogP contribution in [-0.4, -0.2) is 61.3 Å². The second-order valence-corrected chi connectivity index (χ2v) is 11.7. The molecule has 8 rings (SSSR count). The largest absolute Gasteiger partial charge is 0.492 e. The Hall–Kier alpha value is -5.61. The molecule has 0 saturated carbocycles. The number of nitrogens with zero attached hydrogens (tertiary/aromatic N) is 5. The highest BCUT2D eigenvalue weighted by atomic mass is 19.1. The number of H-pyrrole nitrogens is 2. The molecule has 0 spiro atoms. The first-order chi connectivity index (χ1) is 23.2. The highest BCUT2D eigenvalue weighted by molar-refractivity contribution is 5.98. The van der Waals surface area contributed by atoms with Gasteiger partial charge in [-0.25, -0.2) is 9.37 Å². The number of imidazole rings is 1. The zero-order valence-electron chi connectivity index (χ0n) is 25.6. The molecule has 0 bridgehead atoms. The number of hydrogen-bond acceptors (Lipinski definition) is 7. The first kappa shape index (κ1) is 28.8. The summed E-state index contributed by atoms with van der Waals surface area (Å²) in [5.74, 6) is 1.40. The molecule has 4 aromatic heterocycles. The van der Waals surface area contributed by atoms with Gasteiger partial charge in [0.2, 0.25) is 0 Å². The summed E-state index contributed by atoms with van der Waals surface area (Å²) < 4.78 is 26.8. The van der Waals surface area contributed by atoms with E-state index in [1.807, 2.05) is 66.7 Å². The van der Waals surface area contributed by atoms with E-state index in [-0.39, 0.29) is 5.82 Å². The van der Waals surface area contributed by atoms with Crippen molar-refractivity contribution >= 4 is 21.9 Å². The fourth-order valence-corrected chi connectivity index (χ4v) is 6.11. The van der Waals surface area contributed by atoms with Gasteiger partial charge in [-0.3, -0.25) is 20.0 Å².